The predicted octanol–water partition coefficient (Wildman–Crippen LogP) is 3.89. The molecule has 0 amide bonds. The highest BCUT2D eigenvalue weighted by Crippen LogP contribution is 2.37. The second kappa shape index (κ2) is 7.13. The first-order chi connectivity index (χ1) is 8.34. The van der Waals surface area contributed by atoms with Crippen molar-refractivity contribution in [3.8, 4) is 0 Å². The molecule has 0 saturated carbocycles. The molecular weight excluding hydrogens is 272 g/mol. The van der Waals surface area contributed by atoms with Gasteiger partial charge < -0.3 is 4.74 Å². The Kier molecular flexibility index (Phi) is 5.48. The summed E-state index contributed by atoms with van der Waals surface area (Å²) in [6.45, 7) is 0.541. The molecule has 17 heavy (non-hydrogen) atoms. The first-order valence-corrected chi connectivity index (χ1v) is 8.67. The zero-order valence-corrected chi connectivity index (χ0v) is 11.8. The molecule has 1 unspecified atom stereocenters. The summed E-state index contributed by atoms with van der Waals surface area (Å²) in [6, 6.07) is 3.91. The molecule has 5 heteroatoms. The number of ether oxygens (including phenoxy) is 1. The molecule has 1 aromatic heterocycles. The van der Waals surface area contributed by atoms with Crippen molar-refractivity contribution in [2.24, 2.45) is 0 Å². The molecule has 1 atom stereocenters. The monoisotopic (exact) mass is 286 g/mol. The Morgan fingerprint density at radius 3 is 3.12 bits per heavy atom. The molecule has 0 N–H and O–H groups in total. The lowest BCUT2D eigenvalue weighted by Crippen LogP contribution is -2.09. The fourth-order valence-corrected chi connectivity index (χ4v) is 4.43. The lowest BCUT2D eigenvalue weighted by Gasteiger charge is -2.06. The van der Waals surface area contributed by atoms with Crippen molar-refractivity contribution in [1.82, 2.24) is 0 Å². The van der Waals surface area contributed by atoms with Crippen LogP contribution in [-0.4, -0.2) is 17.8 Å². The molecule has 2 nitrogen and oxygen atoms in total. The highest BCUT2D eigenvalue weighted by Gasteiger charge is 2.11. The Bertz CT molecular complexity index is 373. The van der Waals surface area contributed by atoms with Crippen molar-refractivity contribution >= 4 is 38.9 Å². The molecule has 1 aliphatic heterocycles. The number of hydrogen-bond donors (Lipinski definition) is 0. The molecule has 0 spiro atoms. The third kappa shape index (κ3) is 4.77. The Morgan fingerprint density at radius 2 is 2.41 bits per heavy atom. The molecule has 2 heterocycles. The smallest absolute Gasteiger partial charge is 0.311 e. The van der Waals surface area contributed by atoms with Crippen LogP contribution in [0.15, 0.2) is 29.0 Å². The number of rotatable bonds is 6. The van der Waals surface area contributed by atoms with E-state index in [0.29, 0.717) is 18.3 Å². The minimum absolute atomic E-state index is 0.114. The van der Waals surface area contributed by atoms with E-state index in [-0.39, 0.29) is 5.97 Å². The summed E-state index contributed by atoms with van der Waals surface area (Å²) in [5.74, 6) is -0.114. The average molecular weight is 286 g/mol. The zero-order valence-electron chi connectivity index (χ0n) is 9.33. The van der Waals surface area contributed by atoms with Crippen LogP contribution >= 0.6 is 32.9 Å². The van der Waals surface area contributed by atoms with Gasteiger partial charge in [-0.1, -0.05) is 33.7 Å². The van der Waals surface area contributed by atoms with Gasteiger partial charge in [-0.2, -0.15) is 0 Å². The van der Waals surface area contributed by atoms with E-state index in [0.717, 1.165) is 17.7 Å². The van der Waals surface area contributed by atoms with Gasteiger partial charge in [0.15, 0.2) is 0 Å². The molecular formula is C12H14O2S3. The van der Waals surface area contributed by atoms with Gasteiger partial charge in [-0.15, -0.1) is 11.3 Å². The summed E-state index contributed by atoms with van der Waals surface area (Å²) in [4.78, 5) is 12.5. The third-order valence-electron chi connectivity index (χ3n) is 2.32. The van der Waals surface area contributed by atoms with E-state index < -0.39 is 0 Å². The highest BCUT2D eigenvalue weighted by molar-refractivity contribution is 8.78. The molecule has 0 aliphatic carbocycles. The maximum Gasteiger partial charge on any atom is 0.311 e. The van der Waals surface area contributed by atoms with Crippen LogP contribution in [0.5, 0.6) is 0 Å². The van der Waals surface area contributed by atoms with Crippen molar-refractivity contribution < 1.29 is 9.53 Å². The molecule has 0 aromatic carbocycles. The molecule has 0 bridgehead atoms. The summed E-state index contributed by atoms with van der Waals surface area (Å²) in [6.07, 6.45) is 4.65. The normalized spacial score (nSPS) is 18.5. The summed E-state index contributed by atoms with van der Waals surface area (Å²) in [7, 11) is 3.65. The average Bonchev–Trinajstić information content (AvgIpc) is 2.96. The molecule has 2 rings (SSSR count). The van der Waals surface area contributed by atoms with Gasteiger partial charge in [0.1, 0.15) is 0 Å². The fraction of sp³-hybridized carbons (Fsp3) is 0.417. The van der Waals surface area contributed by atoms with Gasteiger partial charge >= 0.3 is 5.97 Å². The van der Waals surface area contributed by atoms with E-state index in [4.69, 9.17) is 4.74 Å². The van der Waals surface area contributed by atoms with E-state index >= 15 is 0 Å². The zero-order chi connectivity index (χ0) is 11.9. The van der Waals surface area contributed by atoms with E-state index in [2.05, 4.69) is 11.5 Å². The Hall–Kier alpha value is -0.390. The van der Waals surface area contributed by atoms with Gasteiger partial charge in [0.2, 0.25) is 0 Å². The van der Waals surface area contributed by atoms with Gasteiger partial charge in [-0.3, -0.25) is 4.79 Å². The van der Waals surface area contributed by atoms with E-state index in [1.54, 1.807) is 22.1 Å². The molecule has 0 saturated heterocycles. The summed E-state index contributed by atoms with van der Waals surface area (Å²) in [5, 5.41) is 4.69. The lowest BCUT2D eigenvalue weighted by atomic mass is 10.2. The molecule has 92 valence electrons. The lowest BCUT2D eigenvalue weighted by molar-refractivity contribution is -0.142. The van der Waals surface area contributed by atoms with Crippen LogP contribution in [-0.2, 0) is 16.0 Å². The summed E-state index contributed by atoms with van der Waals surface area (Å²) < 4.78 is 5.20. The molecule has 0 fully saturated rings. The Labute approximate surface area is 113 Å². The van der Waals surface area contributed by atoms with E-state index in [1.807, 2.05) is 28.3 Å². The predicted molar refractivity (Wildman–Crippen MR) is 76.3 cm³/mol. The van der Waals surface area contributed by atoms with Crippen LogP contribution in [0, 0.1) is 0 Å². The standard InChI is InChI=1S/C12H14O2S3/c13-12(9-11-4-2-7-15-11)14-6-1-3-10-5-8-16-17-10/h2,4-5,7-8,10H,1,3,6,9H2. The first-order valence-electron chi connectivity index (χ1n) is 5.51. The van der Waals surface area contributed by atoms with Crippen molar-refractivity contribution in [3.63, 3.8) is 0 Å². The maximum absolute atomic E-state index is 11.5. The van der Waals surface area contributed by atoms with Gasteiger partial charge in [0.05, 0.1) is 13.0 Å². The largest absolute Gasteiger partial charge is 0.465 e. The number of carbonyl (C=O) groups excluding carboxylic acids is 1. The Balaban J connectivity index is 1.55. The topological polar surface area (TPSA) is 26.3 Å². The minimum atomic E-state index is -0.114. The first kappa shape index (κ1) is 13.1. The van der Waals surface area contributed by atoms with Crippen molar-refractivity contribution in [2.45, 2.75) is 24.5 Å². The maximum atomic E-state index is 11.5. The number of hydrogen-bond acceptors (Lipinski definition) is 5. The molecule has 1 aromatic rings. The van der Waals surface area contributed by atoms with Gasteiger partial charge in [0.25, 0.3) is 0 Å². The highest BCUT2D eigenvalue weighted by atomic mass is 33.1. The van der Waals surface area contributed by atoms with Crippen molar-refractivity contribution in [3.05, 3.63) is 33.9 Å². The van der Waals surface area contributed by atoms with Gasteiger partial charge in [0, 0.05) is 10.1 Å². The van der Waals surface area contributed by atoms with Crippen LogP contribution in [0.2, 0.25) is 0 Å². The minimum Gasteiger partial charge on any atom is -0.465 e. The van der Waals surface area contributed by atoms with E-state index in [9.17, 15) is 4.79 Å². The molecule has 0 radical (unpaired) electrons. The van der Waals surface area contributed by atoms with Crippen LogP contribution in [0.25, 0.3) is 0 Å². The van der Waals surface area contributed by atoms with Crippen LogP contribution in [0.1, 0.15) is 17.7 Å². The number of carbonyl (C=O) groups is 1. The fourth-order valence-electron chi connectivity index (χ4n) is 1.48. The third-order valence-corrected chi connectivity index (χ3v) is 5.63. The SMILES string of the molecule is O=C(Cc1cccs1)OCCCC1C=CSS1. The van der Waals surface area contributed by atoms with Crippen LogP contribution in [0.3, 0.4) is 0 Å². The summed E-state index contributed by atoms with van der Waals surface area (Å²) >= 11 is 1.59. The van der Waals surface area contributed by atoms with Crippen LogP contribution < -0.4 is 0 Å². The molecule has 1 aliphatic rings. The quantitative estimate of drug-likeness (QED) is 0.450. The summed E-state index contributed by atoms with van der Waals surface area (Å²) in [5.41, 5.74) is 0. The van der Waals surface area contributed by atoms with Gasteiger partial charge in [-0.05, 0) is 29.7 Å². The Morgan fingerprint density at radius 1 is 1.47 bits per heavy atom. The number of thiophene rings is 1. The number of esters is 1. The second-order valence-corrected chi connectivity index (χ2v) is 7.13. The van der Waals surface area contributed by atoms with Crippen molar-refractivity contribution in [1.29, 1.82) is 0 Å². The van der Waals surface area contributed by atoms with Crippen LogP contribution in [0.4, 0.5) is 0 Å². The second-order valence-electron chi connectivity index (χ2n) is 3.68. The van der Waals surface area contributed by atoms with Crippen molar-refractivity contribution in [2.75, 3.05) is 6.61 Å². The van der Waals surface area contributed by atoms with Gasteiger partial charge in [-0.25, -0.2) is 0 Å². The van der Waals surface area contributed by atoms with E-state index in [1.165, 1.54) is 0 Å².